The Labute approximate surface area is 147 Å². The Morgan fingerprint density at radius 3 is 2.60 bits per heavy atom. The molecular formula is C21H21NO3. The van der Waals surface area contributed by atoms with Gasteiger partial charge in [-0.3, -0.25) is 9.78 Å². The van der Waals surface area contributed by atoms with Crippen molar-refractivity contribution in [1.82, 2.24) is 4.98 Å². The molecule has 3 aromatic rings. The minimum absolute atomic E-state index is 0.171. The van der Waals surface area contributed by atoms with Crippen LogP contribution in [0.1, 0.15) is 31.6 Å². The molecule has 0 aliphatic rings. The lowest BCUT2D eigenvalue weighted by Gasteiger charge is -2.14. The Morgan fingerprint density at radius 2 is 1.84 bits per heavy atom. The maximum atomic E-state index is 11.5. The van der Waals surface area contributed by atoms with Crippen molar-refractivity contribution in [3.05, 3.63) is 66.4 Å². The lowest BCUT2D eigenvalue weighted by Crippen LogP contribution is -2.08. The van der Waals surface area contributed by atoms with Crippen molar-refractivity contribution in [2.24, 2.45) is 0 Å². The summed E-state index contributed by atoms with van der Waals surface area (Å²) in [4.78, 5) is 16.1. The zero-order valence-corrected chi connectivity index (χ0v) is 14.2. The molecule has 1 aromatic heterocycles. The quantitative estimate of drug-likeness (QED) is 0.683. The summed E-state index contributed by atoms with van der Waals surface area (Å²) < 4.78 is 4.92. The second-order valence-corrected chi connectivity index (χ2v) is 5.84. The number of carbonyl (C=O) groups excluding carboxylic acids is 1. The van der Waals surface area contributed by atoms with Crippen molar-refractivity contribution in [3.8, 4) is 11.1 Å². The highest BCUT2D eigenvalue weighted by atomic mass is 16.5. The average Bonchev–Trinajstić information content (AvgIpc) is 2.66. The van der Waals surface area contributed by atoms with Crippen LogP contribution < -0.4 is 0 Å². The average molecular weight is 335 g/mol. The van der Waals surface area contributed by atoms with Crippen molar-refractivity contribution in [3.63, 3.8) is 0 Å². The van der Waals surface area contributed by atoms with Gasteiger partial charge < -0.3 is 9.84 Å². The summed E-state index contributed by atoms with van der Waals surface area (Å²) in [7, 11) is 0. The Kier molecular flexibility index (Phi) is 5.41. The number of aliphatic hydroxyl groups is 1. The van der Waals surface area contributed by atoms with Gasteiger partial charge in [0.1, 0.15) is 0 Å². The molecule has 128 valence electrons. The lowest BCUT2D eigenvalue weighted by atomic mass is 9.98. The van der Waals surface area contributed by atoms with E-state index in [0.717, 1.165) is 22.0 Å². The maximum absolute atomic E-state index is 11.5. The zero-order chi connectivity index (χ0) is 17.6. The summed E-state index contributed by atoms with van der Waals surface area (Å²) in [5, 5.41) is 11.5. The summed E-state index contributed by atoms with van der Waals surface area (Å²) in [6.07, 6.45) is -0.348. The molecule has 0 bridgehead atoms. The predicted octanol–water partition coefficient (Wildman–Crippen LogP) is 4.28. The molecule has 0 saturated heterocycles. The van der Waals surface area contributed by atoms with E-state index < -0.39 is 6.10 Å². The third-order valence-electron chi connectivity index (χ3n) is 4.09. The van der Waals surface area contributed by atoms with Gasteiger partial charge in [0.15, 0.2) is 0 Å². The van der Waals surface area contributed by atoms with Gasteiger partial charge in [-0.2, -0.15) is 0 Å². The molecule has 1 atom stereocenters. The number of esters is 1. The SMILES string of the molecule is CCOC(=O)CCC(O)c1cc(-c2ccccc2)c2ccccc2n1. The van der Waals surface area contributed by atoms with E-state index in [0.29, 0.717) is 18.7 Å². The molecule has 25 heavy (non-hydrogen) atoms. The van der Waals surface area contributed by atoms with Gasteiger partial charge in [0.2, 0.25) is 0 Å². The first kappa shape index (κ1) is 17.1. The van der Waals surface area contributed by atoms with Gasteiger partial charge in [0.05, 0.1) is 23.9 Å². The fraction of sp³-hybridized carbons (Fsp3) is 0.238. The number of rotatable bonds is 6. The number of hydrogen-bond donors (Lipinski definition) is 1. The molecule has 0 amide bonds. The Morgan fingerprint density at radius 1 is 1.12 bits per heavy atom. The monoisotopic (exact) mass is 335 g/mol. The number of nitrogens with zero attached hydrogens (tertiary/aromatic N) is 1. The summed E-state index contributed by atoms with van der Waals surface area (Å²) in [6, 6.07) is 19.8. The number of pyridine rings is 1. The van der Waals surface area contributed by atoms with E-state index in [4.69, 9.17) is 4.74 Å². The Hall–Kier alpha value is -2.72. The number of carbonyl (C=O) groups is 1. The first-order valence-corrected chi connectivity index (χ1v) is 8.48. The van der Waals surface area contributed by atoms with Crippen LogP contribution >= 0.6 is 0 Å². The minimum atomic E-state index is -0.809. The molecule has 0 radical (unpaired) electrons. The van der Waals surface area contributed by atoms with Gasteiger partial charge >= 0.3 is 5.97 Å². The van der Waals surface area contributed by atoms with Gasteiger partial charge in [0, 0.05) is 11.8 Å². The number of para-hydroxylation sites is 1. The molecule has 0 spiro atoms. The smallest absolute Gasteiger partial charge is 0.305 e. The van der Waals surface area contributed by atoms with Crippen molar-refractivity contribution >= 4 is 16.9 Å². The normalized spacial score (nSPS) is 12.1. The number of aromatic nitrogens is 1. The molecule has 4 heteroatoms. The van der Waals surface area contributed by atoms with E-state index in [9.17, 15) is 9.90 Å². The number of hydrogen-bond acceptors (Lipinski definition) is 4. The van der Waals surface area contributed by atoms with Crippen molar-refractivity contribution in [2.75, 3.05) is 6.61 Å². The Bertz CT molecular complexity index is 861. The second kappa shape index (κ2) is 7.90. The third-order valence-corrected chi connectivity index (χ3v) is 4.09. The van der Waals surface area contributed by atoms with E-state index in [1.165, 1.54) is 0 Å². The van der Waals surface area contributed by atoms with Crippen LogP contribution in [0.15, 0.2) is 60.7 Å². The molecule has 3 rings (SSSR count). The third kappa shape index (κ3) is 4.03. The predicted molar refractivity (Wildman–Crippen MR) is 98.0 cm³/mol. The standard InChI is InChI=1S/C21H21NO3/c1-2-25-21(24)13-12-20(23)19-14-17(15-8-4-3-5-9-15)16-10-6-7-11-18(16)22-19/h3-11,14,20,23H,2,12-13H2,1H3. The molecule has 1 N–H and O–H groups in total. The number of ether oxygens (including phenoxy) is 1. The summed E-state index contributed by atoms with van der Waals surface area (Å²) in [6.45, 7) is 2.12. The van der Waals surface area contributed by atoms with E-state index in [-0.39, 0.29) is 12.4 Å². The fourth-order valence-electron chi connectivity index (χ4n) is 2.86. The maximum Gasteiger partial charge on any atom is 0.305 e. The minimum Gasteiger partial charge on any atom is -0.466 e. The van der Waals surface area contributed by atoms with Crippen LogP contribution in [0.2, 0.25) is 0 Å². The van der Waals surface area contributed by atoms with E-state index in [1.807, 2.05) is 60.7 Å². The molecule has 0 aliphatic carbocycles. The second-order valence-electron chi connectivity index (χ2n) is 5.84. The molecule has 0 saturated carbocycles. The lowest BCUT2D eigenvalue weighted by molar-refractivity contribution is -0.143. The molecule has 1 unspecified atom stereocenters. The van der Waals surface area contributed by atoms with Crippen LogP contribution in [0.4, 0.5) is 0 Å². The highest BCUT2D eigenvalue weighted by Gasteiger charge is 2.15. The topological polar surface area (TPSA) is 59.4 Å². The van der Waals surface area contributed by atoms with Crippen molar-refractivity contribution < 1.29 is 14.6 Å². The van der Waals surface area contributed by atoms with Crippen LogP contribution in [0, 0.1) is 0 Å². The molecule has 4 nitrogen and oxygen atoms in total. The van der Waals surface area contributed by atoms with Crippen LogP contribution in [-0.2, 0) is 9.53 Å². The molecule has 0 aliphatic heterocycles. The van der Waals surface area contributed by atoms with Crippen molar-refractivity contribution in [2.45, 2.75) is 25.9 Å². The van der Waals surface area contributed by atoms with E-state index >= 15 is 0 Å². The van der Waals surface area contributed by atoms with Crippen molar-refractivity contribution in [1.29, 1.82) is 0 Å². The van der Waals surface area contributed by atoms with E-state index in [1.54, 1.807) is 6.92 Å². The Balaban J connectivity index is 1.95. The number of benzene rings is 2. The van der Waals surface area contributed by atoms with Gasteiger partial charge in [0.25, 0.3) is 0 Å². The molecule has 2 aromatic carbocycles. The van der Waals surface area contributed by atoms with Gasteiger partial charge in [-0.15, -0.1) is 0 Å². The summed E-state index contributed by atoms with van der Waals surface area (Å²) >= 11 is 0. The van der Waals surface area contributed by atoms with E-state index in [2.05, 4.69) is 4.98 Å². The van der Waals surface area contributed by atoms with Crippen LogP contribution in [0.25, 0.3) is 22.0 Å². The fourth-order valence-corrected chi connectivity index (χ4v) is 2.86. The molecular weight excluding hydrogens is 314 g/mol. The van der Waals surface area contributed by atoms with Gasteiger partial charge in [-0.25, -0.2) is 0 Å². The highest BCUT2D eigenvalue weighted by molar-refractivity contribution is 5.94. The number of aliphatic hydroxyl groups excluding tert-OH is 1. The largest absolute Gasteiger partial charge is 0.466 e. The zero-order valence-electron chi connectivity index (χ0n) is 14.2. The summed E-state index contributed by atoms with van der Waals surface area (Å²) in [5.74, 6) is -0.300. The van der Waals surface area contributed by atoms with Crippen LogP contribution in [0.3, 0.4) is 0 Å². The molecule has 0 fully saturated rings. The van der Waals surface area contributed by atoms with Gasteiger partial charge in [-0.1, -0.05) is 48.5 Å². The first-order valence-electron chi connectivity index (χ1n) is 8.48. The first-order chi connectivity index (χ1) is 12.2. The summed E-state index contributed by atoms with van der Waals surface area (Å²) in [5.41, 5.74) is 3.49. The van der Waals surface area contributed by atoms with Gasteiger partial charge in [-0.05, 0) is 36.6 Å². The highest BCUT2D eigenvalue weighted by Crippen LogP contribution is 2.31. The van der Waals surface area contributed by atoms with Crippen LogP contribution in [0.5, 0.6) is 0 Å². The molecule has 1 heterocycles. The number of fused-ring (bicyclic) bond motifs is 1. The van der Waals surface area contributed by atoms with Crippen LogP contribution in [-0.4, -0.2) is 22.7 Å².